The van der Waals surface area contributed by atoms with E-state index in [4.69, 9.17) is 0 Å². The molecular formula is C17H26N2O. The number of benzene rings is 1. The van der Waals surface area contributed by atoms with Crippen molar-refractivity contribution in [2.75, 3.05) is 20.1 Å². The highest BCUT2D eigenvalue weighted by molar-refractivity contribution is 5.94. The molecule has 1 heterocycles. The lowest BCUT2D eigenvalue weighted by Gasteiger charge is -2.20. The normalized spacial score (nSPS) is 20.1. The number of hydrogen-bond donors (Lipinski definition) is 1. The fourth-order valence-corrected chi connectivity index (χ4v) is 2.67. The number of carbonyl (C=O) groups excluding carboxylic acids is 1. The van der Waals surface area contributed by atoms with E-state index >= 15 is 0 Å². The zero-order chi connectivity index (χ0) is 14.8. The van der Waals surface area contributed by atoms with Crippen molar-refractivity contribution < 1.29 is 4.79 Å². The Balaban J connectivity index is 1.92. The molecule has 1 aromatic carbocycles. The van der Waals surface area contributed by atoms with Gasteiger partial charge in [-0.1, -0.05) is 32.9 Å². The van der Waals surface area contributed by atoms with Crippen molar-refractivity contribution >= 4 is 5.91 Å². The molecule has 1 aromatic rings. The van der Waals surface area contributed by atoms with E-state index in [0.717, 1.165) is 18.7 Å². The smallest absolute Gasteiger partial charge is 0.251 e. The van der Waals surface area contributed by atoms with Crippen LogP contribution in [0.2, 0.25) is 0 Å². The molecule has 1 N–H and O–H groups in total. The summed E-state index contributed by atoms with van der Waals surface area (Å²) in [6, 6.07) is 8.45. The van der Waals surface area contributed by atoms with Gasteiger partial charge in [-0.3, -0.25) is 4.79 Å². The van der Waals surface area contributed by atoms with Gasteiger partial charge in [-0.05, 0) is 49.5 Å². The Bertz CT molecular complexity index is 459. The largest absolute Gasteiger partial charge is 0.350 e. The molecule has 0 spiro atoms. The molecule has 110 valence electrons. The average Bonchev–Trinajstić information content (AvgIpc) is 2.81. The highest BCUT2D eigenvalue weighted by atomic mass is 16.1. The van der Waals surface area contributed by atoms with Crippen molar-refractivity contribution in [3.05, 3.63) is 35.4 Å². The predicted octanol–water partition coefficient (Wildman–Crippen LogP) is 2.81. The molecular weight excluding hydrogens is 248 g/mol. The van der Waals surface area contributed by atoms with Crippen LogP contribution in [-0.2, 0) is 5.41 Å². The van der Waals surface area contributed by atoms with Crippen LogP contribution in [0.25, 0.3) is 0 Å². The molecule has 1 aliphatic heterocycles. The molecule has 20 heavy (non-hydrogen) atoms. The van der Waals surface area contributed by atoms with Gasteiger partial charge in [0.2, 0.25) is 0 Å². The number of nitrogens with one attached hydrogen (secondary N) is 1. The standard InChI is InChI=1S/C17H26N2O/c1-17(2,3)14-9-7-13(8-10-14)16(20)18-12-15-6-5-11-19(15)4/h7-10,15H,5-6,11-12H2,1-4H3,(H,18,20). The Kier molecular flexibility index (Phi) is 4.48. The fraction of sp³-hybridized carbons (Fsp3) is 0.588. The highest BCUT2D eigenvalue weighted by Gasteiger charge is 2.21. The summed E-state index contributed by atoms with van der Waals surface area (Å²) in [5.74, 6) is 0.0331. The quantitative estimate of drug-likeness (QED) is 0.919. The van der Waals surface area contributed by atoms with Crippen molar-refractivity contribution in [1.82, 2.24) is 10.2 Å². The molecule has 1 aliphatic rings. The van der Waals surface area contributed by atoms with E-state index in [2.05, 4.69) is 50.2 Å². The second kappa shape index (κ2) is 5.96. The monoisotopic (exact) mass is 274 g/mol. The Hall–Kier alpha value is -1.35. The number of nitrogens with zero attached hydrogens (tertiary/aromatic N) is 1. The molecule has 1 unspecified atom stereocenters. The number of carbonyl (C=O) groups is 1. The summed E-state index contributed by atoms with van der Waals surface area (Å²) in [4.78, 5) is 14.5. The van der Waals surface area contributed by atoms with E-state index in [1.54, 1.807) is 0 Å². The van der Waals surface area contributed by atoms with E-state index in [0.29, 0.717) is 6.04 Å². The molecule has 0 aliphatic carbocycles. The van der Waals surface area contributed by atoms with Crippen molar-refractivity contribution in [3.63, 3.8) is 0 Å². The van der Waals surface area contributed by atoms with Gasteiger partial charge < -0.3 is 10.2 Å². The first-order chi connectivity index (χ1) is 9.38. The molecule has 0 bridgehead atoms. The summed E-state index contributed by atoms with van der Waals surface area (Å²) in [6.07, 6.45) is 2.41. The molecule has 1 atom stereocenters. The number of hydrogen-bond acceptors (Lipinski definition) is 2. The molecule has 0 saturated carbocycles. The van der Waals surface area contributed by atoms with Crippen LogP contribution in [0.3, 0.4) is 0 Å². The Morgan fingerprint density at radius 1 is 1.30 bits per heavy atom. The summed E-state index contributed by atoms with van der Waals surface area (Å²) in [7, 11) is 2.13. The third-order valence-corrected chi connectivity index (χ3v) is 4.18. The molecule has 1 amide bonds. The second-order valence-corrected chi connectivity index (χ2v) is 6.81. The number of amides is 1. The van der Waals surface area contributed by atoms with Crippen LogP contribution < -0.4 is 5.32 Å². The first-order valence-electron chi connectivity index (χ1n) is 7.47. The van der Waals surface area contributed by atoms with Gasteiger partial charge in [-0.15, -0.1) is 0 Å². The molecule has 3 heteroatoms. The lowest BCUT2D eigenvalue weighted by molar-refractivity contribution is 0.0943. The highest BCUT2D eigenvalue weighted by Crippen LogP contribution is 2.22. The Labute approximate surface area is 122 Å². The summed E-state index contributed by atoms with van der Waals surface area (Å²) < 4.78 is 0. The van der Waals surface area contributed by atoms with Crippen LogP contribution in [-0.4, -0.2) is 37.0 Å². The lowest BCUT2D eigenvalue weighted by atomic mass is 9.87. The molecule has 1 fully saturated rings. The van der Waals surface area contributed by atoms with E-state index < -0.39 is 0 Å². The van der Waals surface area contributed by atoms with Crippen LogP contribution >= 0.6 is 0 Å². The van der Waals surface area contributed by atoms with E-state index in [-0.39, 0.29) is 11.3 Å². The first-order valence-corrected chi connectivity index (χ1v) is 7.47. The predicted molar refractivity (Wildman–Crippen MR) is 83.1 cm³/mol. The third-order valence-electron chi connectivity index (χ3n) is 4.18. The van der Waals surface area contributed by atoms with Crippen molar-refractivity contribution in [2.24, 2.45) is 0 Å². The van der Waals surface area contributed by atoms with Crippen molar-refractivity contribution in [3.8, 4) is 0 Å². The van der Waals surface area contributed by atoms with E-state index in [9.17, 15) is 4.79 Å². The number of likely N-dealkylation sites (N-methyl/N-ethyl adjacent to an activating group) is 1. The van der Waals surface area contributed by atoms with Gasteiger partial charge in [-0.2, -0.15) is 0 Å². The van der Waals surface area contributed by atoms with Crippen LogP contribution in [0.15, 0.2) is 24.3 Å². The van der Waals surface area contributed by atoms with Gasteiger partial charge >= 0.3 is 0 Å². The Morgan fingerprint density at radius 2 is 1.95 bits per heavy atom. The van der Waals surface area contributed by atoms with E-state index in [1.807, 2.05) is 12.1 Å². The van der Waals surface area contributed by atoms with Gasteiger partial charge in [0.15, 0.2) is 0 Å². The summed E-state index contributed by atoms with van der Waals surface area (Å²) >= 11 is 0. The number of rotatable bonds is 3. The van der Waals surface area contributed by atoms with Gasteiger partial charge in [0.05, 0.1) is 0 Å². The van der Waals surface area contributed by atoms with Gasteiger partial charge in [0.25, 0.3) is 5.91 Å². The van der Waals surface area contributed by atoms with Gasteiger partial charge in [0, 0.05) is 18.2 Å². The van der Waals surface area contributed by atoms with Gasteiger partial charge in [-0.25, -0.2) is 0 Å². The number of likely N-dealkylation sites (tertiary alicyclic amines) is 1. The summed E-state index contributed by atoms with van der Waals surface area (Å²) in [5.41, 5.74) is 2.13. The van der Waals surface area contributed by atoms with Crippen molar-refractivity contribution in [1.29, 1.82) is 0 Å². The Morgan fingerprint density at radius 3 is 2.45 bits per heavy atom. The van der Waals surface area contributed by atoms with Crippen LogP contribution in [0.4, 0.5) is 0 Å². The van der Waals surface area contributed by atoms with Crippen LogP contribution in [0.1, 0.15) is 49.5 Å². The van der Waals surface area contributed by atoms with Crippen molar-refractivity contribution in [2.45, 2.75) is 45.1 Å². The second-order valence-electron chi connectivity index (χ2n) is 6.81. The minimum atomic E-state index is 0.0331. The maximum Gasteiger partial charge on any atom is 0.251 e. The molecule has 0 radical (unpaired) electrons. The average molecular weight is 274 g/mol. The minimum absolute atomic E-state index is 0.0331. The molecule has 2 rings (SSSR count). The molecule has 0 aromatic heterocycles. The topological polar surface area (TPSA) is 32.3 Å². The zero-order valence-electron chi connectivity index (χ0n) is 13.1. The molecule has 1 saturated heterocycles. The maximum atomic E-state index is 12.1. The van der Waals surface area contributed by atoms with Crippen LogP contribution in [0, 0.1) is 0 Å². The van der Waals surface area contributed by atoms with Gasteiger partial charge in [0.1, 0.15) is 0 Å². The molecule has 3 nitrogen and oxygen atoms in total. The maximum absolute atomic E-state index is 12.1. The lowest BCUT2D eigenvalue weighted by Crippen LogP contribution is -2.38. The first kappa shape index (κ1) is 15.0. The minimum Gasteiger partial charge on any atom is -0.350 e. The van der Waals surface area contributed by atoms with E-state index in [1.165, 1.54) is 18.4 Å². The zero-order valence-corrected chi connectivity index (χ0v) is 13.1. The summed E-state index contributed by atoms with van der Waals surface area (Å²) in [6.45, 7) is 8.42. The fourth-order valence-electron chi connectivity index (χ4n) is 2.67. The SMILES string of the molecule is CN1CCCC1CNC(=O)c1ccc(C(C)(C)C)cc1. The third kappa shape index (κ3) is 3.60. The summed E-state index contributed by atoms with van der Waals surface area (Å²) in [5, 5.41) is 3.05. The van der Waals surface area contributed by atoms with Crippen LogP contribution in [0.5, 0.6) is 0 Å².